The van der Waals surface area contributed by atoms with Crippen molar-refractivity contribution in [1.82, 2.24) is 40.9 Å². The van der Waals surface area contributed by atoms with Crippen LogP contribution in [0.15, 0.2) is 18.5 Å². The smallest absolute Gasteiger partial charge is 0.267 e. The Morgan fingerprint density at radius 1 is 1.26 bits per heavy atom. The first-order chi connectivity index (χ1) is 13.3. The fraction of sp³-hybridized carbons (Fsp3) is 0.471. The topological polar surface area (TPSA) is 118 Å². The Hall–Kier alpha value is -3.01. The maximum atomic E-state index is 6.01. The minimum atomic E-state index is -0.223. The van der Waals surface area contributed by atoms with E-state index in [1.807, 2.05) is 24.0 Å². The number of hydrogen-bond acceptors (Lipinski definition) is 8. The van der Waals surface area contributed by atoms with Gasteiger partial charge in [-0.15, -0.1) is 5.10 Å². The van der Waals surface area contributed by atoms with Gasteiger partial charge in [0.1, 0.15) is 5.60 Å². The van der Waals surface area contributed by atoms with Gasteiger partial charge in [-0.1, -0.05) is 24.4 Å². The number of tetrazole rings is 1. The summed E-state index contributed by atoms with van der Waals surface area (Å²) in [6.45, 7) is 2.78. The molecule has 3 aromatic heterocycles. The van der Waals surface area contributed by atoms with E-state index in [2.05, 4.69) is 47.6 Å². The minimum Gasteiger partial charge on any atom is -0.320 e. The standard InChI is InChI=1S/C17H21N9O/c1-2-26-15-12(10-19-26)14(20-16-21-24-25-22-16)11(9-18-15)13-8-17(27-23-13)6-4-3-5-7-17/h8-10,23H,2-7H2,1H3,(H2,18,20,21,22,24,25). The molecule has 0 saturated heterocycles. The number of rotatable bonds is 4. The van der Waals surface area contributed by atoms with Gasteiger partial charge in [0.2, 0.25) is 0 Å². The number of nitrogens with one attached hydrogen (secondary N) is 3. The second-order valence-electron chi connectivity index (χ2n) is 6.99. The van der Waals surface area contributed by atoms with Crippen LogP contribution in [0.1, 0.15) is 44.6 Å². The summed E-state index contributed by atoms with van der Waals surface area (Å²) < 4.78 is 1.86. The number of aromatic amines is 1. The van der Waals surface area contributed by atoms with E-state index in [4.69, 9.17) is 4.84 Å². The summed E-state index contributed by atoms with van der Waals surface area (Å²) in [6.07, 6.45) is 11.5. The van der Waals surface area contributed by atoms with Gasteiger partial charge in [-0.05, 0) is 31.1 Å². The molecule has 5 rings (SSSR count). The molecular formula is C17H21N9O. The molecule has 0 bridgehead atoms. The third-order valence-electron chi connectivity index (χ3n) is 5.31. The van der Waals surface area contributed by atoms with Crippen LogP contribution in [0.25, 0.3) is 16.7 Å². The maximum absolute atomic E-state index is 6.01. The number of aromatic nitrogens is 7. The van der Waals surface area contributed by atoms with Crippen molar-refractivity contribution in [3.8, 4) is 0 Å². The molecule has 27 heavy (non-hydrogen) atoms. The number of pyridine rings is 1. The molecule has 1 aliphatic carbocycles. The first-order valence-corrected chi connectivity index (χ1v) is 9.30. The van der Waals surface area contributed by atoms with Crippen LogP contribution in [0, 0.1) is 0 Å². The average Bonchev–Trinajstić information content (AvgIpc) is 3.43. The third kappa shape index (κ3) is 2.72. The van der Waals surface area contributed by atoms with Gasteiger partial charge in [-0.3, -0.25) is 10.3 Å². The molecule has 3 N–H and O–H groups in total. The molecule has 0 radical (unpaired) electrons. The molecule has 10 heteroatoms. The van der Waals surface area contributed by atoms with Crippen LogP contribution in [-0.4, -0.2) is 41.0 Å². The Kier molecular flexibility index (Phi) is 3.78. The first-order valence-electron chi connectivity index (χ1n) is 9.30. The molecule has 0 aromatic carbocycles. The lowest BCUT2D eigenvalue weighted by atomic mass is 9.84. The van der Waals surface area contributed by atoms with E-state index >= 15 is 0 Å². The molecule has 140 valence electrons. The van der Waals surface area contributed by atoms with Crippen LogP contribution < -0.4 is 10.8 Å². The lowest BCUT2D eigenvalue weighted by Gasteiger charge is -2.29. The molecule has 0 amide bonds. The van der Waals surface area contributed by atoms with Gasteiger partial charge in [0.15, 0.2) is 5.65 Å². The highest BCUT2D eigenvalue weighted by Gasteiger charge is 2.37. The summed E-state index contributed by atoms with van der Waals surface area (Å²) in [7, 11) is 0. The summed E-state index contributed by atoms with van der Waals surface area (Å²) in [5.74, 6) is 0.389. The number of hydrogen-bond donors (Lipinski definition) is 3. The number of nitrogens with zero attached hydrogens (tertiary/aromatic N) is 6. The molecule has 4 heterocycles. The van der Waals surface area contributed by atoms with Crippen molar-refractivity contribution < 1.29 is 4.84 Å². The van der Waals surface area contributed by atoms with E-state index in [-0.39, 0.29) is 5.60 Å². The molecule has 0 atom stereocenters. The summed E-state index contributed by atoms with van der Waals surface area (Å²) in [4.78, 5) is 10.6. The third-order valence-corrected chi connectivity index (χ3v) is 5.31. The summed E-state index contributed by atoms with van der Waals surface area (Å²) in [6, 6.07) is 0. The SMILES string of the molecule is CCn1ncc2c(Nc3nn[nH]n3)c(C3=CC4(CCCCC4)ON3)cnc21. The summed E-state index contributed by atoms with van der Waals surface area (Å²) >= 11 is 0. The Balaban J connectivity index is 1.62. The molecule has 2 aliphatic rings. The number of anilines is 2. The van der Waals surface area contributed by atoms with Crippen molar-refractivity contribution in [2.45, 2.75) is 51.2 Å². The molecule has 1 spiro atoms. The molecule has 1 fully saturated rings. The van der Waals surface area contributed by atoms with Gasteiger partial charge in [-0.25, -0.2) is 9.67 Å². The quantitative estimate of drug-likeness (QED) is 0.643. The second kappa shape index (κ2) is 6.31. The molecule has 1 aliphatic heterocycles. The number of fused-ring (bicyclic) bond motifs is 1. The van der Waals surface area contributed by atoms with Crippen molar-refractivity contribution in [2.24, 2.45) is 0 Å². The highest BCUT2D eigenvalue weighted by molar-refractivity contribution is 5.97. The molecule has 3 aromatic rings. The predicted molar refractivity (Wildman–Crippen MR) is 98.7 cm³/mol. The van der Waals surface area contributed by atoms with E-state index in [0.29, 0.717) is 5.95 Å². The molecular weight excluding hydrogens is 346 g/mol. The van der Waals surface area contributed by atoms with Gasteiger partial charge in [-0.2, -0.15) is 10.3 Å². The normalized spacial score (nSPS) is 18.6. The minimum absolute atomic E-state index is 0.223. The van der Waals surface area contributed by atoms with Gasteiger partial charge < -0.3 is 5.32 Å². The first kappa shape index (κ1) is 16.2. The van der Waals surface area contributed by atoms with Crippen LogP contribution >= 0.6 is 0 Å². The van der Waals surface area contributed by atoms with Gasteiger partial charge in [0.05, 0.1) is 23.0 Å². The van der Waals surface area contributed by atoms with Crippen molar-refractivity contribution in [2.75, 3.05) is 5.32 Å². The van der Waals surface area contributed by atoms with Crippen molar-refractivity contribution in [3.63, 3.8) is 0 Å². The van der Waals surface area contributed by atoms with E-state index in [9.17, 15) is 0 Å². The zero-order valence-corrected chi connectivity index (χ0v) is 15.1. The van der Waals surface area contributed by atoms with Crippen LogP contribution in [0.5, 0.6) is 0 Å². The van der Waals surface area contributed by atoms with Crippen molar-refractivity contribution in [1.29, 1.82) is 0 Å². The Bertz CT molecular complexity index is 985. The van der Waals surface area contributed by atoms with Crippen LogP contribution in [0.2, 0.25) is 0 Å². The average molecular weight is 367 g/mol. The lowest BCUT2D eigenvalue weighted by Crippen LogP contribution is -2.31. The lowest BCUT2D eigenvalue weighted by molar-refractivity contribution is -0.0557. The van der Waals surface area contributed by atoms with Crippen molar-refractivity contribution in [3.05, 3.63) is 24.0 Å². The van der Waals surface area contributed by atoms with E-state index in [0.717, 1.165) is 47.4 Å². The molecule has 1 saturated carbocycles. The van der Waals surface area contributed by atoms with Crippen LogP contribution in [0.3, 0.4) is 0 Å². The van der Waals surface area contributed by atoms with Gasteiger partial charge >= 0.3 is 0 Å². The van der Waals surface area contributed by atoms with E-state index in [1.54, 1.807) is 0 Å². The predicted octanol–water partition coefficient (Wildman–Crippen LogP) is 2.29. The zero-order valence-electron chi connectivity index (χ0n) is 15.1. The number of H-pyrrole nitrogens is 1. The van der Waals surface area contributed by atoms with Gasteiger partial charge in [0.25, 0.3) is 5.95 Å². The Morgan fingerprint density at radius 2 is 2.15 bits per heavy atom. The molecule has 10 nitrogen and oxygen atoms in total. The number of hydroxylamine groups is 1. The fourth-order valence-corrected chi connectivity index (χ4v) is 3.93. The fourth-order valence-electron chi connectivity index (χ4n) is 3.93. The van der Waals surface area contributed by atoms with Crippen molar-refractivity contribution >= 4 is 28.4 Å². The monoisotopic (exact) mass is 367 g/mol. The van der Waals surface area contributed by atoms with E-state index < -0.39 is 0 Å². The Labute approximate surface area is 155 Å². The largest absolute Gasteiger partial charge is 0.320 e. The van der Waals surface area contributed by atoms with Gasteiger partial charge in [0, 0.05) is 18.3 Å². The second-order valence-corrected chi connectivity index (χ2v) is 6.99. The Morgan fingerprint density at radius 3 is 2.93 bits per heavy atom. The maximum Gasteiger partial charge on any atom is 0.267 e. The summed E-state index contributed by atoms with van der Waals surface area (Å²) in [5.41, 5.74) is 6.34. The molecule has 0 unspecified atom stereocenters. The zero-order chi connectivity index (χ0) is 18.3. The highest BCUT2D eigenvalue weighted by Crippen LogP contribution is 2.40. The summed E-state index contributed by atoms with van der Waals surface area (Å²) in [5, 5.41) is 22.7. The van der Waals surface area contributed by atoms with Crippen LogP contribution in [-0.2, 0) is 11.4 Å². The van der Waals surface area contributed by atoms with Crippen LogP contribution in [0.4, 0.5) is 11.6 Å². The van der Waals surface area contributed by atoms with E-state index in [1.165, 1.54) is 19.3 Å². The number of aryl methyl sites for hydroxylation is 1. The highest BCUT2D eigenvalue weighted by atomic mass is 16.7.